The molecule has 20 heteroatoms. The normalized spacial score (nSPS) is 20.4. The molecule has 4 aromatic carbocycles. The number of benzene rings is 4. The van der Waals surface area contributed by atoms with Crippen molar-refractivity contribution in [2.24, 2.45) is 0 Å². The summed E-state index contributed by atoms with van der Waals surface area (Å²) in [6.45, 7) is -2.41. The molecule has 2 spiro atoms. The highest BCUT2D eigenvalue weighted by Gasteiger charge is 2.65. The van der Waals surface area contributed by atoms with E-state index < -0.39 is 121 Å². The van der Waals surface area contributed by atoms with Crippen molar-refractivity contribution in [1.29, 1.82) is 0 Å². The van der Waals surface area contributed by atoms with E-state index in [1.807, 2.05) is 0 Å². The van der Waals surface area contributed by atoms with Gasteiger partial charge < -0.3 is 10.2 Å². The van der Waals surface area contributed by atoms with Crippen molar-refractivity contribution in [3.8, 4) is 0 Å². The summed E-state index contributed by atoms with van der Waals surface area (Å²) in [5.74, 6) is -11.7. The Balaban J connectivity index is 0.000000181. The van der Waals surface area contributed by atoms with Gasteiger partial charge in [-0.2, -0.15) is 0 Å². The molecule has 2 N–H and O–H groups in total. The van der Waals surface area contributed by atoms with Crippen molar-refractivity contribution in [2.45, 2.75) is 36.8 Å². The maximum Gasteiger partial charge on any atom is 0.323 e. The molecule has 8 rings (SSSR count). The van der Waals surface area contributed by atoms with E-state index in [1.165, 1.54) is 48.5 Å². The molecule has 60 heavy (non-hydrogen) atoms. The van der Waals surface area contributed by atoms with Crippen LogP contribution in [-0.2, 0) is 62.3 Å². The van der Waals surface area contributed by atoms with Gasteiger partial charge in [-0.1, -0.05) is 35.3 Å². The second-order valence-corrected chi connectivity index (χ2v) is 15.0. The molecule has 14 nitrogen and oxygen atoms in total. The summed E-state index contributed by atoms with van der Waals surface area (Å²) in [5, 5.41) is 18.7. The highest BCUT2D eigenvalue weighted by molar-refractivity contribution is 6.34. The summed E-state index contributed by atoms with van der Waals surface area (Å²) < 4.78 is 54.6. The number of carboxylic acids is 2. The molecule has 4 heterocycles. The molecule has 0 saturated carbocycles. The summed E-state index contributed by atoms with van der Waals surface area (Å²) in [4.78, 5) is 104. The molecular weight excluding hydrogens is 843 g/mol. The Kier molecular flexibility index (Phi) is 10.5. The van der Waals surface area contributed by atoms with Crippen molar-refractivity contribution < 1.29 is 66.1 Å². The number of carbonyl (C=O) groups is 8. The third-order valence-corrected chi connectivity index (χ3v) is 11.0. The molecule has 0 aromatic heterocycles. The molecule has 4 aromatic rings. The Bertz CT molecular complexity index is 2610. The van der Waals surface area contributed by atoms with Crippen LogP contribution in [0.2, 0.25) is 10.0 Å². The third kappa shape index (κ3) is 6.70. The number of nitrogens with zero attached hydrogens (tertiary/aromatic N) is 4. The van der Waals surface area contributed by atoms with Crippen molar-refractivity contribution in [1.82, 2.24) is 9.80 Å². The number of anilines is 2. The Morgan fingerprint density at radius 3 is 1.47 bits per heavy atom. The summed E-state index contributed by atoms with van der Waals surface area (Å²) in [6.07, 6.45) is -1.10. The van der Waals surface area contributed by atoms with Crippen molar-refractivity contribution >= 4 is 82.0 Å². The Hall–Kier alpha value is -6.66. The number of likely N-dealkylation sites (tertiary alicyclic amines) is 2. The largest absolute Gasteiger partial charge is 0.480 e. The van der Waals surface area contributed by atoms with Crippen LogP contribution in [0, 0.1) is 23.3 Å². The van der Waals surface area contributed by atoms with Crippen LogP contribution >= 0.6 is 23.2 Å². The summed E-state index contributed by atoms with van der Waals surface area (Å²) in [5.41, 5.74) is -3.57. The van der Waals surface area contributed by atoms with E-state index in [2.05, 4.69) is 0 Å². The van der Waals surface area contributed by atoms with Crippen LogP contribution in [0.3, 0.4) is 0 Å². The maximum atomic E-state index is 14.1. The number of fused-ring (bicyclic) bond motifs is 4. The minimum absolute atomic E-state index is 0.0328. The lowest BCUT2D eigenvalue weighted by molar-refractivity contribution is -0.144. The zero-order chi connectivity index (χ0) is 43.6. The molecule has 0 aliphatic carbocycles. The number of aliphatic carboxylic acids is 2. The molecule has 2 atom stereocenters. The Labute approximate surface area is 345 Å². The molecular formula is C40H26Cl2F4N4O10. The highest BCUT2D eigenvalue weighted by Crippen LogP contribution is 2.51. The van der Waals surface area contributed by atoms with E-state index in [0.717, 1.165) is 32.9 Å². The second-order valence-electron chi connectivity index (χ2n) is 14.1. The highest BCUT2D eigenvalue weighted by atomic mass is 35.5. The van der Waals surface area contributed by atoms with E-state index in [0.29, 0.717) is 11.0 Å². The minimum Gasteiger partial charge on any atom is -0.480 e. The third-order valence-electron chi connectivity index (χ3n) is 10.5. The van der Waals surface area contributed by atoms with Gasteiger partial charge in [0.1, 0.15) is 24.7 Å². The zero-order valence-corrected chi connectivity index (χ0v) is 31.9. The molecule has 4 aliphatic heterocycles. The van der Waals surface area contributed by atoms with Crippen LogP contribution in [-0.4, -0.2) is 80.5 Å². The van der Waals surface area contributed by atoms with Crippen molar-refractivity contribution in [3.05, 3.63) is 128 Å². The van der Waals surface area contributed by atoms with Gasteiger partial charge in [-0.05, 0) is 60.2 Å². The minimum atomic E-state index is -1.99. The first-order chi connectivity index (χ1) is 28.3. The maximum absolute atomic E-state index is 14.1. The number of carbonyl (C=O) groups excluding carboxylic acids is 6. The van der Waals surface area contributed by atoms with Gasteiger partial charge in [-0.3, -0.25) is 58.0 Å². The standard InChI is InChI=1S/2C20H13ClF2N2O5/c21-11-1-2-15-14(5-11)20(18(29)24(15)9-17(27)28)7-16(26)25(19(20)30)8-10-3-12(22)6-13(23)4-10;21-11-4-5-14-12(6-11)20(18(29)24(14)9-16(27)28)7-15(26)25(19(20)30)8-10-2-1-3-13(22)17(10)23/h2*1-6H,7-9H2,(H,27,28). The number of amides is 6. The monoisotopic (exact) mass is 868 g/mol. The molecule has 0 radical (unpaired) electrons. The van der Waals surface area contributed by atoms with Gasteiger partial charge >= 0.3 is 11.9 Å². The lowest BCUT2D eigenvalue weighted by Crippen LogP contribution is -2.47. The van der Waals surface area contributed by atoms with E-state index in [9.17, 15) is 55.9 Å². The Morgan fingerprint density at radius 1 is 0.583 bits per heavy atom. The number of imide groups is 2. The van der Waals surface area contributed by atoms with Crippen LogP contribution in [0.5, 0.6) is 0 Å². The first-order valence-corrected chi connectivity index (χ1v) is 18.3. The fraction of sp³-hybridized carbons (Fsp3) is 0.200. The van der Waals surface area contributed by atoms with Gasteiger partial charge in [0, 0.05) is 44.2 Å². The molecule has 2 fully saturated rings. The van der Waals surface area contributed by atoms with E-state index in [4.69, 9.17) is 33.4 Å². The smallest absolute Gasteiger partial charge is 0.323 e. The topological polar surface area (TPSA) is 190 Å². The average molecular weight is 870 g/mol. The molecule has 6 amide bonds. The van der Waals surface area contributed by atoms with E-state index in [-0.39, 0.29) is 43.7 Å². The van der Waals surface area contributed by atoms with Crippen LogP contribution in [0.25, 0.3) is 0 Å². The summed E-state index contributed by atoms with van der Waals surface area (Å²) in [7, 11) is 0. The van der Waals surface area contributed by atoms with E-state index in [1.54, 1.807) is 0 Å². The van der Waals surface area contributed by atoms with Crippen LogP contribution < -0.4 is 9.80 Å². The summed E-state index contributed by atoms with van der Waals surface area (Å²) >= 11 is 12.1. The van der Waals surface area contributed by atoms with Crippen molar-refractivity contribution in [3.63, 3.8) is 0 Å². The zero-order valence-electron chi connectivity index (χ0n) is 30.4. The van der Waals surface area contributed by atoms with Gasteiger partial charge in [0.15, 0.2) is 22.5 Å². The molecule has 2 unspecified atom stereocenters. The predicted octanol–water partition coefficient (Wildman–Crippen LogP) is 4.49. The first kappa shape index (κ1) is 41.5. The van der Waals surface area contributed by atoms with Crippen LogP contribution in [0.15, 0.2) is 72.8 Å². The fourth-order valence-electron chi connectivity index (χ4n) is 7.95. The SMILES string of the molecule is O=C(O)CN1C(=O)C2(CC(=O)N(Cc3cc(F)cc(F)c3)C2=O)c2cc(Cl)ccc21.O=C(O)CN1C(=O)C2(CC(=O)N(Cc3cccc(F)c3F)C2=O)c2cc(Cl)ccc21. The van der Waals surface area contributed by atoms with E-state index >= 15 is 0 Å². The first-order valence-electron chi connectivity index (χ1n) is 17.5. The fourth-order valence-corrected chi connectivity index (χ4v) is 8.29. The van der Waals surface area contributed by atoms with Gasteiger partial charge in [0.2, 0.25) is 35.4 Å². The van der Waals surface area contributed by atoms with Gasteiger partial charge in [-0.25, -0.2) is 17.6 Å². The van der Waals surface area contributed by atoms with Crippen LogP contribution in [0.4, 0.5) is 28.9 Å². The van der Waals surface area contributed by atoms with Crippen LogP contribution in [0.1, 0.15) is 35.1 Å². The number of carboxylic acid groups (broad SMARTS) is 2. The quantitative estimate of drug-likeness (QED) is 0.145. The molecule has 2 saturated heterocycles. The molecule has 0 bridgehead atoms. The number of rotatable bonds is 8. The number of hydrogen-bond acceptors (Lipinski definition) is 8. The van der Waals surface area contributed by atoms with Gasteiger partial charge in [0.05, 0.1) is 25.9 Å². The number of hydrogen-bond donors (Lipinski definition) is 2. The van der Waals surface area contributed by atoms with Gasteiger partial charge in [0.25, 0.3) is 0 Å². The lowest BCUT2D eigenvalue weighted by Gasteiger charge is -2.22. The summed E-state index contributed by atoms with van der Waals surface area (Å²) in [6, 6.07) is 14.4. The number of halogens is 6. The van der Waals surface area contributed by atoms with Gasteiger partial charge in [-0.15, -0.1) is 0 Å². The molecule has 308 valence electrons. The lowest BCUT2D eigenvalue weighted by atomic mass is 9.80. The Morgan fingerprint density at radius 2 is 1.02 bits per heavy atom. The second kappa shape index (κ2) is 15.2. The average Bonchev–Trinajstić information content (AvgIpc) is 3.74. The van der Waals surface area contributed by atoms with Crippen molar-refractivity contribution in [2.75, 3.05) is 22.9 Å². The predicted molar refractivity (Wildman–Crippen MR) is 199 cm³/mol. The molecule has 4 aliphatic rings.